The number of hydrogen-bond donors (Lipinski definition) is 1. The topological polar surface area (TPSA) is 43.4 Å². The Morgan fingerprint density at radius 1 is 1.21 bits per heavy atom. The molecule has 1 saturated heterocycles. The maximum absolute atomic E-state index is 6.05. The fraction of sp³-hybridized carbons (Fsp3) is 0.643. The molecule has 1 N–H and O–H groups in total. The molecule has 2 heterocycles. The van der Waals surface area contributed by atoms with Gasteiger partial charge in [-0.3, -0.25) is 4.98 Å². The van der Waals surface area contributed by atoms with Crippen LogP contribution >= 0.6 is 0 Å². The summed E-state index contributed by atoms with van der Waals surface area (Å²) >= 11 is 0. The Kier molecular flexibility index (Phi) is 3.73. The van der Waals surface area contributed by atoms with Crippen molar-refractivity contribution < 1.29 is 9.31 Å². The van der Waals surface area contributed by atoms with Gasteiger partial charge in [0, 0.05) is 18.2 Å². The summed E-state index contributed by atoms with van der Waals surface area (Å²) in [7, 11) is 1.58. The van der Waals surface area contributed by atoms with E-state index in [1.165, 1.54) is 0 Å². The van der Waals surface area contributed by atoms with Crippen LogP contribution in [0.2, 0.25) is 0 Å². The molecule has 19 heavy (non-hydrogen) atoms. The second-order valence-electron chi connectivity index (χ2n) is 6.15. The van der Waals surface area contributed by atoms with Crippen molar-refractivity contribution in [3.8, 4) is 0 Å². The van der Waals surface area contributed by atoms with E-state index in [1.54, 1.807) is 0 Å². The highest BCUT2D eigenvalue weighted by atomic mass is 16.7. The van der Waals surface area contributed by atoms with Crippen molar-refractivity contribution >= 4 is 12.6 Å². The monoisotopic (exact) mass is 262 g/mol. The molecule has 104 valence electrons. The molecule has 2 rings (SSSR count). The van der Waals surface area contributed by atoms with Gasteiger partial charge in [0.25, 0.3) is 0 Å². The van der Waals surface area contributed by atoms with Crippen LogP contribution < -0.4 is 10.8 Å². The lowest BCUT2D eigenvalue weighted by molar-refractivity contribution is 0.00578. The molecule has 0 spiro atoms. The molecule has 1 aromatic rings. The van der Waals surface area contributed by atoms with Gasteiger partial charge in [-0.2, -0.15) is 0 Å². The van der Waals surface area contributed by atoms with Crippen LogP contribution in [0.4, 0.5) is 0 Å². The normalized spacial score (nSPS) is 20.8. The number of aryl methyl sites for hydroxylation is 1. The fourth-order valence-electron chi connectivity index (χ4n) is 2.12. The Morgan fingerprint density at radius 2 is 1.79 bits per heavy atom. The average Bonchev–Trinajstić information content (AvgIpc) is 2.48. The minimum Gasteiger partial charge on any atom is -0.399 e. The number of nitrogens with one attached hydrogen (secondary N) is 1. The van der Waals surface area contributed by atoms with Crippen LogP contribution in [-0.2, 0) is 15.9 Å². The maximum Gasteiger partial charge on any atom is 0.496 e. The van der Waals surface area contributed by atoms with Crippen molar-refractivity contribution in [3.63, 3.8) is 0 Å². The molecule has 0 radical (unpaired) electrons. The van der Waals surface area contributed by atoms with Crippen molar-refractivity contribution in [2.75, 3.05) is 7.05 Å². The quantitative estimate of drug-likeness (QED) is 0.836. The zero-order valence-corrected chi connectivity index (χ0v) is 12.7. The van der Waals surface area contributed by atoms with E-state index in [0.29, 0.717) is 0 Å². The summed E-state index contributed by atoms with van der Waals surface area (Å²) in [6, 6.07) is 2.08. The third-order valence-electron chi connectivity index (χ3n) is 4.07. The number of pyridine rings is 1. The summed E-state index contributed by atoms with van der Waals surface area (Å²) in [6.45, 7) is 11.1. The van der Waals surface area contributed by atoms with Crippen molar-refractivity contribution in [3.05, 3.63) is 23.5 Å². The maximum atomic E-state index is 6.05. The van der Waals surface area contributed by atoms with Gasteiger partial charge in [0.1, 0.15) is 0 Å². The van der Waals surface area contributed by atoms with Gasteiger partial charge in [-0.15, -0.1) is 0 Å². The molecular formula is C14H23BN2O2. The highest BCUT2D eigenvalue weighted by Crippen LogP contribution is 2.36. The summed E-state index contributed by atoms with van der Waals surface area (Å²) in [4.78, 5) is 4.45. The van der Waals surface area contributed by atoms with E-state index >= 15 is 0 Å². The molecule has 1 aliphatic heterocycles. The van der Waals surface area contributed by atoms with E-state index in [1.807, 2.05) is 13.2 Å². The van der Waals surface area contributed by atoms with Gasteiger partial charge < -0.3 is 14.6 Å². The molecule has 0 aromatic carbocycles. The van der Waals surface area contributed by atoms with Crippen LogP contribution in [0.1, 0.15) is 39.0 Å². The molecule has 0 saturated carbocycles. The molecule has 0 bridgehead atoms. The molecule has 5 heteroatoms. The number of rotatable bonds is 3. The summed E-state index contributed by atoms with van der Waals surface area (Å²) in [6.07, 6.45) is 1.87. The second kappa shape index (κ2) is 4.89. The molecular weight excluding hydrogens is 239 g/mol. The molecule has 1 aliphatic rings. The Morgan fingerprint density at radius 3 is 2.26 bits per heavy atom. The van der Waals surface area contributed by atoms with Crippen molar-refractivity contribution in [1.82, 2.24) is 10.3 Å². The highest BCUT2D eigenvalue weighted by molar-refractivity contribution is 6.62. The molecule has 4 nitrogen and oxygen atoms in total. The first kappa shape index (κ1) is 14.5. The summed E-state index contributed by atoms with van der Waals surface area (Å²) in [5, 5.41) is 3.10. The van der Waals surface area contributed by atoms with E-state index in [0.717, 1.165) is 23.3 Å². The molecule has 0 aliphatic carbocycles. The Labute approximate surface area is 116 Å². The first-order valence-electron chi connectivity index (χ1n) is 6.72. The Bertz CT molecular complexity index is 459. The van der Waals surface area contributed by atoms with Crippen molar-refractivity contribution in [1.29, 1.82) is 0 Å². The molecule has 0 atom stereocenters. The predicted molar refractivity (Wildman–Crippen MR) is 77.5 cm³/mol. The lowest BCUT2D eigenvalue weighted by atomic mass is 9.77. The zero-order chi connectivity index (χ0) is 14.3. The molecule has 1 fully saturated rings. The van der Waals surface area contributed by atoms with Gasteiger partial charge in [0.05, 0.1) is 16.9 Å². The fourth-order valence-corrected chi connectivity index (χ4v) is 2.12. The largest absolute Gasteiger partial charge is 0.496 e. The summed E-state index contributed by atoms with van der Waals surface area (Å²) < 4.78 is 12.1. The van der Waals surface area contributed by atoms with Gasteiger partial charge in [0.2, 0.25) is 0 Å². The SMILES string of the molecule is CNCc1cc(C)c(B2OC(C)(C)C(C)(C)O2)cn1. The van der Waals surface area contributed by atoms with Gasteiger partial charge in [0.15, 0.2) is 0 Å². The average molecular weight is 262 g/mol. The van der Waals surface area contributed by atoms with Crippen LogP contribution in [0.5, 0.6) is 0 Å². The van der Waals surface area contributed by atoms with Crippen LogP contribution in [0.3, 0.4) is 0 Å². The van der Waals surface area contributed by atoms with Crippen molar-refractivity contribution in [2.45, 2.75) is 52.4 Å². The minimum atomic E-state index is -0.332. The smallest absolute Gasteiger partial charge is 0.399 e. The second-order valence-corrected chi connectivity index (χ2v) is 6.15. The lowest BCUT2D eigenvalue weighted by Gasteiger charge is -2.32. The number of nitrogens with zero attached hydrogens (tertiary/aromatic N) is 1. The molecule has 0 unspecified atom stereocenters. The first-order valence-corrected chi connectivity index (χ1v) is 6.72. The molecule has 0 amide bonds. The number of aromatic nitrogens is 1. The Balaban J connectivity index is 2.25. The van der Waals surface area contributed by atoms with Crippen LogP contribution in [-0.4, -0.2) is 30.4 Å². The van der Waals surface area contributed by atoms with Crippen molar-refractivity contribution in [2.24, 2.45) is 0 Å². The lowest BCUT2D eigenvalue weighted by Crippen LogP contribution is -2.41. The van der Waals surface area contributed by atoms with E-state index in [2.05, 4.69) is 51.0 Å². The molecule has 1 aromatic heterocycles. The van der Waals surface area contributed by atoms with Crippen LogP contribution in [0.25, 0.3) is 0 Å². The summed E-state index contributed by atoms with van der Waals surface area (Å²) in [5.41, 5.74) is 2.57. The van der Waals surface area contributed by atoms with Gasteiger partial charge >= 0.3 is 7.12 Å². The predicted octanol–water partition coefficient (Wildman–Crippen LogP) is 1.41. The third kappa shape index (κ3) is 2.68. The van der Waals surface area contributed by atoms with E-state index in [9.17, 15) is 0 Å². The first-order chi connectivity index (χ1) is 8.77. The van der Waals surface area contributed by atoms with Crippen LogP contribution in [0.15, 0.2) is 12.3 Å². The number of hydrogen-bond acceptors (Lipinski definition) is 4. The summed E-state index contributed by atoms with van der Waals surface area (Å²) in [5.74, 6) is 0. The minimum absolute atomic E-state index is 0.312. The third-order valence-corrected chi connectivity index (χ3v) is 4.07. The van der Waals surface area contributed by atoms with E-state index < -0.39 is 0 Å². The zero-order valence-electron chi connectivity index (χ0n) is 12.7. The van der Waals surface area contributed by atoms with Gasteiger partial charge in [-0.25, -0.2) is 0 Å². The Hall–Kier alpha value is -0.905. The highest BCUT2D eigenvalue weighted by Gasteiger charge is 2.52. The van der Waals surface area contributed by atoms with E-state index in [4.69, 9.17) is 9.31 Å². The standard InChI is InChI=1S/C14H23BN2O2/c1-10-7-11(8-16-6)17-9-12(10)15-18-13(2,3)14(4,5)19-15/h7,9,16H,8H2,1-6H3. The van der Waals surface area contributed by atoms with Crippen LogP contribution in [0, 0.1) is 6.92 Å². The van der Waals surface area contributed by atoms with Gasteiger partial charge in [-0.05, 0) is 53.3 Å². The van der Waals surface area contributed by atoms with E-state index in [-0.39, 0.29) is 18.3 Å². The van der Waals surface area contributed by atoms with Gasteiger partial charge in [-0.1, -0.05) is 0 Å².